The van der Waals surface area contributed by atoms with Crippen LogP contribution in [0.3, 0.4) is 0 Å². The standard InChI is InChI=1S/C18H17N3O2S/c1-13(22)15-4-2-3-5-16(15)21-17(23)12-18(20-10-11-24-18)14-6-8-19-9-7-14/h2-11,20H,12H2,1H3,(H,21,23). The van der Waals surface area contributed by atoms with Crippen LogP contribution in [0.1, 0.15) is 29.3 Å². The van der Waals surface area contributed by atoms with Crippen LogP contribution < -0.4 is 10.6 Å². The van der Waals surface area contributed by atoms with Crippen molar-refractivity contribution in [3.05, 3.63) is 71.5 Å². The van der Waals surface area contributed by atoms with Gasteiger partial charge in [0.1, 0.15) is 4.87 Å². The highest BCUT2D eigenvalue weighted by Gasteiger charge is 2.36. The summed E-state index contributed by atoms with van der Waals surface area (Å²) in [5.41, 5.74) is 2.02. The zero-order chi connectivity index (χ0) is 17.0. The molecule has 1 aromatic heterocycles. The highest BCUT2D eigenvalue weighted by atomic mass is 32.2. The van der Waals surface area contributed by atoms with E-state index in [1.165, 1.54) is 6.92 Å². The first-order valence-corrected chi connectivity index (χ1v) is 8.39. The van der Waals surface area contributed by atoms with Crippen LogP contribution in [0.2, 0.25) is 0 Å². The van der Waals surface area contributed by atoms with Crippen molar-refractivity contribution in [2.24, 2.45) is 0 Å². The molecule has 0 fully saturated rings. The number of hydrogen-bond acceptors (Lipinski definition) is 5. The SMILES string of the molecule is CC(=O)c1ccccc1NC(=O)CC1(c2ccncc2)NC=CS1. The van der Waals surface area contributed by atoms with Crippen molar-refractivity contribution in [1.82, 2.24) is 10.3 Å². The number of nitrogens with one attached hydrogen (secondary N) is 2. The number of anilines is 1. The molecule has 0 aliphatic carbocycles. The molecule has 3 rings (SSSR count). The van der Waals surface area contributed by atoms with Crippen LogP contribution in [0.5, 0.6) is 0 Å². The van der Waals surface area contributed by atoms with Crippen molar-refractivity contribution >= 4 is 29.1 Å². The van der Waals surface area contributed by atoms with Gasteiger partial charge in [0.2, 0.25) is 5.91 Å². The first-order chi connectivity index (χ1) is 11.6. The van der Waals surface area contributed by atoms with Crippen molar-refractivity contribution in [2.75, 3.05) is 5.32 Å². The number of aromatic nitrogens is 1. The number of rotatable bonds is 5. The highest BCUT2D eigenvalue weighted by Crippen LogP contribution is 2.41. The first kappa shape index (κ1) is 16.3. The zero-order valence-electron chi connectivity index (χ0n) is 13.2. The number of Topliss-reactive ketones (excluding diaryl/α,β-unsaturated/α-hetero) is 1. The molecule has 6 heteroatoms. The molecule has 1 aromatic carbocycles. The summed E-state index contributed by atoms with van der Waals surface area (Å²) in [5, 5.41) is 8.05. The number of thioether (sulfide) groups is 1. The number of carbonyl (C=O) groups is 2. The molecule has 0 bridgehead atoms. The average molecular weight is 339 g/mol. The molecule has 2 heterocycles. The van der Waals surface area contributed by atoms with E-state index in [2.05, 4.69) is 15.6 Å². The summed E-state index contributed by atoms with van der Waals surface area (Å²) >= 11 is 1.55. The molecule has 1 aliphatic rings. The lowest BCUT2D eigenvalue weighted by atomic mass is 10.0. The molecule has 5 nitrogen and oxygen atoms in total. The highest BCUT2D eigenvalue weighted by molar-refractivity contribution is 8.03. The van der Waals surface area contributed by atoms with Crippen molar-refractivity contribution in [1.29, 1.82) is 0 Å². The summed E-state index contributed by atoms with van der Waals surface area (Å²) < 4.78 is 0. The Morgan fingerprint density at radius 2 is 1.96 bits per heavy atom. The van der Waals surface area contributed by atoms with E-state index in [1.807, 2.05) is 23.7 Å². The van der Waals surface area contributed by atoms with Gasteiger partial charge >= 0.3 is 0 Å². The molecular weight excluding hydrogens is 322 g/mol. The fourth-order valence-electron chi connectivity index (χ4n) is 2.64. The molecule has 0 spiro atoms. The Balaban J connectivity index is 1.80. The third-order valence-electron chi connectivity index (χ3n) is 3.79. The molecule has 0 saturated heterocycles. The minimum Gasteiger partial charge on any atom is -0.372 e. The second kappa shape index (κ2) is 6.88. The maximum Gasteiger partial charge on any atom is 0.228 e. The number of hydrogen-bond donors (Lipinski definition) is 2. The van der Waals surface area contributed by atoms with Gasteiger partial charge in [0, 0.05) is 24.2 Å². The lowest BCUT2D eigenvalue weighted by Gasteiger charge is -2.29. The lowest BCUT2D eigenvalue weighted by Crippen LogP contribution is -2.37. The maximum absolute atomic E-state index is 12.6. The van der Waals surface area contributed by atoms with Gasteiger partial charge in [-0.05, 0) is 42.2 Å². The topological polar surface area (TPSA) is 71.1 Å². The second-order valence-corrected chi connectivity index (χ2v) is 6.66. The Labute approximate surface area is 144 Å². The molecular formula is C18H17N3O2S. The molecule has 0 radical (unpaired) electrons. The molecule has 2 aromatic rings. The zero-order valence-corrected chi connectivity index (χ0v) is 14.0. The molecule has 2 N–H and O–H groups in total. The lowest BCUT2D eigenvalue weighted by molar-refractivity contribution is -0.116. The summed E-state index contributed by atoms with van der Waals surface area (Å²) in [6.07, 6.45) is 5.48. The third kappa shape index (κ3) is 3.33. The minimum absolute atomic E-state index is 0.0789. The predicted octanol–water partition coefficient (Wildman–Crippen LogP) is 3.27. The summed E-state index contributed by atoms with van der Waals surface area (Å²) in [7, 11) is 0. The van der Waals surface area contributed by atoms with Gasteiger partial charge in [-0.1, -0.05) is 23.9 Å². The Bertz CT molecular complexity index is 782. The van der Waals surface area contributed by atoms with Crippen LogP contribution in [0.15, 0.2) is 60.4 Å². The minimum atomic E-state index is -0.557. The number of benzene rings is 1. The number of pyridine rings is 1. The van der Waals surface area contributed by atoms with Crippen LogP contribution in [-0.2, 0) is 9.67 Å². The average Bonchev–Trinajstić information content (AvgIpc) is 3.05. The van der Waals surface area contributed by atoms with Crippen molar-refractivity contribution < 1.29 is 9.59 Å². The van der Waals surface area contributed by atoms with Gasteiger partial charge in [0.05, 0.1) is 12.1 Å². The van der Waals surface area contributed by atoms with E-state index in [0.717, 1.165) is 5.56 Å². The molecule has 1 amide bonds. The molecule has 1 atom stereocenters. The molecule has 122 valence electrons. The Morgan fingerprint density at radius 1 is 1.21 bits per heavy atom. The van der Waals surface area contributed by atoms with Crippen molar-refractivity contribution in [3.8, 4) is 0 Å². The summed E-state index contributed by atoms with van der Waals surface area (Å²) in [5.74, 6) is -0.242. The monoisotopic (exact) mass is 339 g/mol. The summed E-state index contributed by atoms with van der Waals surface area (Å²) in [6, 6.07) is 10.8. The first-order valence-electron chi connectivity index (χ1n) is 7.51. The Kier molecular flexibility index (Phi) is 4.66. The summed E-state index contributed by atoms with van der Waals surface area (Å²) in [4.78, 5) is 27.8. The normalized spacial score (nSPS) is 18.9. The van der Waals surface area contributed by atoms with Gasteiger partial charge in [0.15, 0.2) is 5.78 Å². The van der Waals surface area contributed by atoms with Crippen molar-refractivity contribution in [3.63, 3.8) is 0 Å². The predicted molar refractivity (Wildman–Crippen MR) is 95.5 cm³/mol. The number of para-hydroxylation sites is 1. The third-order valence-corrected chi connectivity index (χ3v) is 4.96. The van der Waals surface area contributed by atoms with E-state index in [0.29, 0.717) is 11.3 Å². The van der Waals surface area contributed by atoms with Gasteiger partial charge in [-0.15, -0.1) is 0 Å². The molecule has 1 aliphatic heterocycles. The van der Waals surface area contributed by atoms with Gasteiger partial charge in [-0.3, -0.25) is 14.6 Å². The fraction of sp³-hybridized carbons (Fsp3) is 0.167. The van der Waals surface area contributed by atoms with E-state index in [4.69, 9.17) is 0 Å². The van der Waals surface area contributed by atoms with E-state index in [9.17, 15) is 9.59 Å². The molecule has 24 heavy (non-hydrogen) atoms. The van der Waals surface area contributed by atoms with E-state index >= 15 is 0 Å². The Morgan fingerprint density at radius 3 is 2.62 bits per heavy atom. The molecule has 0 saturated carbocycles. The number of carbonyl (C=O) groups excluding carboxylic acids is 2. The van der Waals surface area contributed by atoms with Crippen LogP contribution >= 0.6 is 11.8 Å². The number of amides is 1. The van der Waals surface area contributed by atoms with Crippen LogP contribution in [-0.4, -0.2) is 16.7 Å². The van der Waals surface area contributed by atoms with Crippen molar-refractivity contribution in [2.45, 2.75) is 18.2 Å². The Hall–Kier alpha value is -2.60. The fourth-order valence-corrected chi connectivity index (χ4v) is 3.63. The largest absolute Gasteiger partial charge is 0.372 e. The van der Waals surface area contributed by atoms with Crippen LogP contribution in [0.4, 0.5) is 5.69 Å². The van der Waals surface area contributed by atoms with Gasteiger partial charge in [-0.2, -0.15) is 0 Å². The smallest absolute Gasteiger partial charge is 0.228 e. The number of nitrogens with zero attached hydrogens (tertiary/aromatic N) is 1. The quantitative estimate of drug-likeness (QED) is 0.818. The van der Waals surface area contributed by atoms with Crippen LogP contribution in [0.25, 0.3) is 0 Å². The summed E-state index contributed by atoms with van der Waals surface area (Å²) in [6.45, 7) is 1.49. The maximum atomic E-state index is 12.6. The van der Waals surface area contributed by atoms with Gasteiger partial charge < -0.3 is 10.6 Å². The number of ketones is 1. The van der Waals surface area contributed by atoms with E-state index < -0.39 is 4.87 Å². The van der Waals surface area contributed by atoms with Gasteiger partial charge in [0.25, 0.3) is 0 Å². The van der Waals surface area contributed by atoms with Gasteiger partial charge in [-0.25, -0.2) is 0 Å². The second-order valence-electron chi connectivity index (χ2n) is 5.45. The molecule has 1 unspecified atom stereocenters. The van der Waals surface area contributed by atoms with Crippen LogP contribution in [0, 0.1) is 0 Å². The van der Waals surface area contributed by atoms with E-state index in [1.54, 1.807) is 48.4 Å². The van der Waals surface area contributed by atoms with E-state index in [-0.39, 0.29) is 18.1 Å².